The third-order valence-corrected chi connectivity index (χ3v) is 2.83. The molecule has 2 N–H and O–H groups in total. The maximum Gasteiger partial charge on any atom is 0.239 e. The van der Waals surface area contributed by atoms with Crippen molar-refractivity contribution in [3.8, 4) is 0 Å². The highest BCUT2D eigenvalue weighted by molar-refractivity contribution is 5.81. The predicted octanol–water partition coefficient (Wildman–Crippen LogP) is -0.00538. The number of aromatic nitrogens is 1. The monoisotopic (exact) mass is 235 g/mol. The zero-order valence-corrected chi connectivity index (χ0v) is 9.90. The molecule has 1 aliphatic rings. The van der Waals surface area contributed by atoms with E-state index in [0.717, 1.165) is 17.7 Å². The molecule has 0 aromatic carbocycles. The molecule has 0 saturated carbocycles. The molecule has 1 unspecified atom stereocenters. The smallest absolute Gasteiger partial charge is 0.239 e. The summed E-state index contributed by atoms with van der Waals surface area (Å²) in [5, 5.41) is 6.02. The first kappa shape index (κ1) is 12.0. The number of rotatable bonds is 3. The Labute approximate surface area is 101 Å². The van der Waals surface area contributed by atoms with Crippen molar-refractivity contribution in [3.05, 3.63) is 29.6 Å². The van der Waals surface area contributed by atoms with E-state index in [0.29, 0.717) is 19.8 Å². The number of hydrogen-bond acceptors (Lipinski definition) is 4. The fourth-order valence-electron chi connectivity index (χ4n) is 1.74. The molecular weight excluding hydrogens is 218 g/mol. The Morgan fingerprint density at radius 1 is 1.71 bits per heavy atom. The molecule has 1 aliphatic heterocycles. The van der Waals surface area contributed by atoms with Gasteiger partial charge in [-0.1, -0.05) is 0 Å². The van der Waals surface area contributed by atoms with Crippen LogP contribution in [-0.2, 0) is 16.1 Å². The number of amides is 1. The summed E-state index contributed by atoms with van der Waals surface area (Å²) in [7, 11) is 0. The molecule has 2 rings (SSSR count). The number of ether oxygens (including phenoxy) is 1. The van der Waals surface area contributed by atoms with Gasteiger partial charge >= 0.3 is 0 Å². The molecule has 1 atom stereocenters. The number of pyridine rings is 1. The SMILES string of the molecule is Cc1cnccc1CNC(=O)C1COCCN1. The summed E-state index contributed by atoms with van der Waals surface area (Å²) < 4.78 is 5.25. The largest absolute Gasteiger partial charge is 0.378 e. The first-order valence-corrected chi connectivity index (χ1v) is 5.75. The summed E-state index contributed by atoms with van der Waals surface area (Å²) in [6, 6.07) is 1.69. The molecule has 1 fully saturated rings. The lowest BCUT2D eigenvalue weighted by molar-refractivity contribution is -0.126. The van der Waals surface area contributed by atoms with Gasteiger partial charge < -0.3 is 15.4 Å². The minimum absolute atomic E-state index is 0.0130. The van der Waals surface area contributed by atoms with E-state index < -0.39 is 0 Å². The van der Waals surface area contributed by atoms with Crippen molar-refractivity contribution in [1.82, 2.24) is 15.6 Å². The van der Waals surface area contributed by atoms with Crippen LogP contribution < -0.4 is 10.6 Å². The van der Waals surface area contributed by atoms with E-state index in [2.05, 4.69) is 15.6 Å². The Bertz CT molecular complexity index is 389. The molecule has 17 heavy (non-hydrogen) atoms. The van der Waals surface area contributed by atoms with Crippen LogP contribution in [0.25, 0.3) is 0 Å². The highest BCUT2D eigenvalue weighted by Crippen LogP contribution is 2.04. The second kappa shape index (κ2) is 5.75. The van der Waals surface area contributed by atoms with Gasteiger partial charge in [0, 0.05) is 25.5 Å². The molecule has 1 amide bonds. The third-order valence-electron chi connectivity index (χ3n) is 2.83. The third kappa shape index (κ3) is 3.25. The van der Waals surface area contributed by atoms with Gasteiger partial charge in [-0.15, -0.1) is 0 Å². The van der Waals surface area contributed by atoms with Crippen LogP contribution in [-0.4, -0.2) is 36.7 Å². The van der Waals surface area contributed by atoms with Crippen molar-refractivity contribution in [2.24, 2.45) is 0 Å². The quantitative estimate of drug-likeness (QED) is 0.774. The van der Waals surface area contributed by atoms with Crippen molar-refractivity contribution in [2.45, 2.75) is 19.5 Å². The van der Waals surface area contributed by atoms with Crippen LogP contribution in [0.3, 0.4) is 0 Å². The first-order valence-electron chi connectivity index (χ1n) is 5.75. The summed E-state index contributed by atoms with van der Waals surface area (Å²) in [5.74, 6) is -0.0130. The molecule has 5 nitrogen and oxygen atoms in total. The van der Waals surface area contributed by atoms with Gasteiger partial charge in [0.05, 0.1) is 13.2 Å². The molecule has 2 heterocycles. The van der Waals surface area contributed by atoms with Gasteiger partial charge in [0.1, 0.15) is 6.04 Å². The molecule has 1 aromatic heterocycles. The van der Waals surface area contributed by atoms with Gasteiger partial charge in [-0.2, -0.15) is 0 Å². The average molecular weight is 235 g/mol. The summed E-state index contributed by atoms with van der Waals surface area (Å²) in [6.07, 6.45) is 3.53. The summed E-state index contributed by atoms with van der Waals surface area (Å²) in [5.41, 5.74) is 2.17. The molecule has 0 radical (unpaired) electrons. The Kier molecular flexibility index (Phi) is 4.06. The van der Waals surface area contributed by atoms with E-state index in [1.807, 2.05) is 13.0 Å². The summed E-state index contributed by atoms with van der Waals surface area (Å²) in [6.45, 7) is 4.36. The fourth-order valence-corrected chi connectivity index (χ4v) is 1.74. The van der Waals surface area contributed by atoms with E-state index >= 15 is 0 Å². The van der Waals surface area contributed by atoms with Crippen molar-refractivity contribution >= 4 is 5.91 Å². The molecule has 5 heteroatoms. The van der Waals surface area contributed by atoms with Crippen molar-refractivity contribution < 1.29 is 9.53 Å². The maximum absolute atomic E-state index is 11.8. The number of morpholine rings is 1. The van der Waals surface area contributed by atoms with Crippen LogP contribution in [0, 0.1) is 6.92 Å². The lowest BCUT2D eigenvalue weighted by atomic mass is 10.1. The van der Waals surface area contributed by atoms with Crippen LogP contribution in [0.15, 0.2) is 18.5 Å². The number of nitrogens with one attached hydrogen (secondary N) is 2. The average Bonchev–Trinajstić information content (AvgIpc) is 2.38. The van der Waals surface area contributed by atoms with Crippen LogP contribution in [0.5, 0.6) is 0 Å². The first-order chi connectivity index (χ1) is 8.27. The molecule has 0 spiro atoms. The van der Waals surface area contributed by atoms with Gasteiger partial charge in [0.15, 0.2) is 0 Å². The standard InChI is InChI=1S/C12H17N3O2/c1-9-6-13-3-2-10(9)7-15-12(16)11-8-17-5-4-14-11/h2-3,6,11,14H,4-5,7-8H2,1H3,(H,15,16). The van der Waals surface area contributed by atoms with Crippen LogP contribution in [0.2, 0.25) is 0 Å². The van der Waals surface area contributed by atoms with Gasteiger partial charge in [0.25, 0.3) is 0 Å². The second-order valence-corrected chi connectivity index (χ2v) is 4.10. The van der Waals surface area contributed by atoms with Gasteiger partial charge in [-0.3, -0.25) is 9.78 Å². The summed E-state index contributed by atoms with van der Waals surface area (Å²) >= 11 is 0. The molecule has 92 valence electrons. The fraction of sp³-hybridized carbons (Fsp3) is 0.500. The molecule has 1 aromatic rings. The van der Waals surface area contributed by atoms with Crippen molar-refractivity contribution in [1.29, 1.82) is 0 Å². The minimum Gasteiger partial charge on any atom is -0.378 e. The van der Waals surface area contributed by atoms with Crippen LogP contribution in [0.4, 0.5) is 0 Å². The second-order valence-electron chi connectivity index (χ2n) is 4.10. The lowest BCUT2D eigenvalue weighted by Crippen LogP contribution is -2.51. The highest BCUT2D eigenvalue weighted by Gasteiger charge is 2.20. The minimum atomic E-state index is -0.231. The number of carbonyl (C=O) groups excluding carboxylic acids is 1. The maximum atomic E-state index is 11.8. The predicted molar refractivity (Wildman–Crippen MR) is 63.4 cm³/mol. The number of carbonyl (C=O) groups is 1. The normalized spacial score (nSPS) is 19.9. The topological polar surface area (TPSA) is 63.2 Å². The van der Waals surface area contributed by atoms with Crippen molar-refractivity contribution in [3.63, 3.8) is 0 Å². The van der Waals surface area contributed by atoms with Gasteiger partial charge in [-0.05, 0) is 24.1 Å². The number of hydrogen-bond donors (Lipinski definition) is 2. The van der Waals surface area contributed by atoms with Gasteiger partial charge in [0.2, 0.25) is 5.91 Å². The van der Waals surface area contributed by atoms with E-state index in [1.54, 1.807) is 12.4 Å². The lowest BCUT2D eigenvalue weighted by Gasteiger charge is -2.23. The van der Waals surface area contributed by atoms with Crippen molar-refractivity contribution in [2.75, 3.05) is 19.8 Å². The molecule has 0 bridgehead atoms. The zero-order chi connectivity index (χ0) is 12.1. The van der Waals surface area contributed by atoms with Gasteiger partial charge in [-0.25, -0.2) is 0 Å². The molecule has 0 aliphatic carbocycles. The van der Waals surface area contributed by atoms with E-state index in [-0.39, 0.29) is 11.9 Å². The number of nitrogens with zero attached hydrogens (tertiary/aromatic N) is 1. The Morgan fingerprint density at radius 3 is 3.29 bits per heavy atom. The van der Waals surface area contributed by atoms with E-state index in [9.17, 15) is 4.79 Å². The van der Waals surface area contributed by atoms with E-state index in [4.69, 9.17) is 4.74 Å². The molecular formula is C12H17N3O2. The Morgan fingerprint density at radius 2 is 2.59 bits per heavy atom. The highest BCUT2D eigenvalue weighted by atomic mass is 16.5. The van der Waals surface area contributed by atoms with Crippen LogP contribution >= 0.6 is 0 Å². The van der Waals surface area contributed by atoms with E-state index in [1.165, 1.54) is 0 Å². The Balaban J connectivity index is 1.85. The Hall–Kier alpha value is -1.46. The summed E-state index contributed by atoms with van der Waals surface area (Å²) in [4.78, 5) is 15.8. The zero-order valence-electron chi connectivity index (χ0n) is 9.90. The van der Waals surface area contributed by atoms with Crippen LogP contribution in [0.1, 0.15) is 11.1 Å². The number of aryl methyl sites for hydroxylation is 1. The molecule has 1 saturated heterocycles.